The maximum Gasteiger partial charge on any atom is 0.241 e. The number of halogens is 1. The second-order valence-corrected chi connectivity index (χ2v) is 7.41. The van der Waals surface area contributed by atoms with Crippen LogP contribution in [0, 0.1) is 5.92 Å². The quantitative estimate of drug-likeness (QED) is 0.783. The van der Waals surface area contributed by atoms with Crippen LogP contribution in [0.1, 0.15) is 13.3 Å². The average molecular weight is 332 g/mol. The molecule has 2 atom stereocenters. The van der Waals surface area contributed by atoms with Crippen molar-refractivity contribution in [2.24, 2.45) is 5.92 Å². The van der Waals surface area contributed by atoms with Gasteiger partial charge in [0.2, 0.25) is 15.9 Å². The summed E-state index contributed by atoms with van der Waals surface area (Å²) in [5.74, 6) is 0.0829. The molecule has 1 aromatic rings. The molecule has 0 spiro atoms. The molecule has 2 unspecified atom stereocenters. The molecule has 3 N–H and O–H groups in total. The first-order chi connectivity index (χ1) is 9.76. The predicted octanol–water partition coefficient (Wildman–Crippen LogP) is 1.65. The van der Waals surface area contributed by atoms with Crippen LogP contribution in [-0.2, 0) is 14.8 Å². The van der Waals surface area contributed by atoms with Crippen LogP contribution in [0.25, 0.3) is 0 Å². The summed E-state index contributed by atoms with van der Waals surface area (Å²) in [6.45, 7) is 2.82. The molecule has 1 saturated heterocycles. The summed E-state index contributed by atoms with van der Waals surface area (Å²) in [5, 5.41) is 6.23. The first-order valence-corrected chi connectivity index (χ1v) is 8.85. The minimum Gasteiger partial charge on any atom is -0.323 e. The predicted molar refractivity (Wildman–Crippen MR) is 84.1 cm³/mol. The topological polar surface area (TPSA) is 87.3 Å². The van der Waals surface area contributed by atoms with Gasteiger partial charge in [0.1, 0.15) is 0 Å². The van der Waals surface area contributed by atoms with E-state index in [2.05, 4.69) is 15.4 Å². The number of carbonyl (C=O) groups is 1. The fourth-order valence-corrected chi connectivity index (χ4v) is 3.01. The third kappa shape index (κ3) is 4.33. The van der Waals surface area contributed by atoms with Gasteiger partial charge in [-0.05, 0) is 37.1 Å². The van der Waals surface area contributed by atoms with Crippen LogP contribution in [0.3, 0.4) is 0 Å². The molecule has 2 rings (SSSR count). The Hall–Kier alpha value is -1.31. The third-order valence-corrected chi connectivity index (χ3v) is 4.28. The van der Waals surface area contributed by atoms with Crippen molar-refractivity contribution >= 4 is 38.9 Å². The molecule has 1 aromatic carbocycles. The van der Waals surface area contributed by atoms with Crippen LogP contribution in [-0.4, -0.2) is 33.2 Å². The largest absolute Gasteiger partial charge is 0.323 e. The van der Waals surface area contributed by atoms with Gasteiger partial charge in [0.05, 0.1) is 28.7 Å². The van der Waals surface area contributed by atoms with E-state index in [0.717, 1.165) is 19.2 Å². The molecule has 21 heavy (non-hydrogen) atoms. The number of hydrogen-bond acceptors (Lipinski definition) is 4. The van der Waals surface area contributed by atoms with Crippen molar-refractivity contribution in [3.63, 3.8) is 0 Å². The third-order valence-electron chi connectivity index (χ3n) is 3.34. The summed E-state index contributed by atoms with van der Waals surface area (Å²) in [4.78, 5) is 12.2. The van der Waals surface area contributed by atoms with Gasteiger partial charge in [0.25, 0.3) is 0 Å². The fourth-order valence-electron chi connectivity index (χ4n) is 2.29. The van der Waals surface area contributed by atoms with Crippen LogP contribution in [0.2, 0.25) is 5.02 Å². The summed E-state index contributed by atoms with van der Waals surface area (Å²) in [6, 6.07) is 4.32. The van der Waals surface area contributed by atoms with Gasteiger partial charge in [-0.25, -0.2) is 8.42 Å². The summed E-state index contributed by atoms with van der Waals surface area (Å²) in [6.07, 6.45) is 2.01. The van der Waals surface area contributed by atoms with Gasteiger partial charge in [-0.1, -0.05) is 18.5 Å². The molecule has 1 aliphatic heterocycles. The van der Waals surface area contributed by atoms with Gasteiger partial charge in [0, 0.05) is 0 Å². The van der Waals surface area contributed by atoms with Crippen molar-refractivity contribution in [3.05, 3.63) is 23.2 Å². The standard InChI is InChI=1S/C13H18ClN3O3S/c1-8-5-6-15-12(8)13(18)16-11-7-9(3-4-10(11)14)17-21(2,19)20/h3-4,7-8,12,15,17H,5-6H2,1-2H3,(H,16,18). The highest BCUT2D eigenvalue weighted by molar-refractivity contribution is 7.92. The van der Waals surface area contributed by atoms with Crippen molar-refractivity contribution in [2.75, 3.05) is 22.8 Å². The molecule has 1 amide bonds. The van der Waals surface area contributed by atoms with E-state index in [9.17, 15) is 13.2 Å². The van der Waals surface area contributed by atoms with Crippen molar-refractivity contribution in [2.45, 2.75) is 19.4 Å². The SMILES string of the molecule is CC1CCNC1C(=O)Nc1cc(NS(C)(=O)=O)ccc1Cl. The minimum atomic E-state index is -3.38. The normalized spacial score (nSPS) is 22.0. The number of carbonyl (C=O) groups excluding carboxylic acids is 1. The van der Waals surface area contributed by atoms with E-state index in [4.69, 9.17) is 11.6 Å². The Bertz CT molecular complexity index is 648. The Labute approximate surface area is 129 Å². The summed E-state index contributed by atoms with van der Waals surface area (Å²) >= 11 is 6.04. The van der Waals surface area contributed by atoms with Gasteiger partial charge in [-0.15, -0.1) is 0 Å². The van der Waals surface area contributed by atoms with Crippen molar-refractivity contribution < 1.29 is 13.2 Å². The first kappa shape index (κ1) is 16.1. The molecule has 1 heterocycles. The molecule has 1 fully saturated rings. The number of amides is 1. The lowest BCUT2D eigenvalue weighted by Crippen LogP contribution is -2.39. The Morgan fingerprint density at radius 1 is 1.43 bits per heavy atom. The van der Waals surface area contributed by atoms with Crippen LogP contribution < -0.4 is 15.4 Å². The zero-order valence-electron chi connectivity index (χ0n) is 11.8. The Morgan fingerprint density at radius 2 is 2.14 bits per heavy atom. The van der Waals surface area contributed by atoms with Gasteiger partial charge in [-0.2, -0.15) is 0 Å². The summed E-state index contributed by atoms with van der Waals surface area (Å²) in [7, 11) is -3.38. The number of hydrogen-bond donors (Lipinski definition) is 3. The van der Waals surface area contributed by atoms with Crippen molar-refractivity contribution in [3.8, 4) is 0 Å². The average Bonchev–Trinajstić information content (AvgIpc) is 2.78. The molecule has 0 bridgehead atoms. The van der Waals surface area contributed by atoms with E-state index in [1.165, 1.54) is 18.2 Å². The maximum absolute atomic E-state index is 12.2. The lowest BCUT2D eigenvalue weighted by molar-refractivity contribution is -0.118. The van der Waals surface area contributed by atoms with Crippen LogP contribution in [0.4, 0.5) is 11.4 Å². The number of sulfonamides is 1. The zero-order valence-corrected chi connectivity index (χ0v) is 13.4. The smallest absolute Gasteiger partial charge is 0.241 e. The molecular formula is C13H18ClN3O3S. The van der Waals surface area contributed by atoms with Crippen LogP contribution in [0.5, 0.6) is 0 Å². The molecule has 6 nitrogen and oxygen atoms in total. The number of anilines is 2. The molecule has 0 aliphatic carbocycles. The zero-order chi connectivity index (χ0) is 15.6. The lowest BCUT2D eigenvalue weighted by Gasteiger charge is -2.16. The van der Waals surface area contributed by atoms with E-state index in [-0.39, 0.29) is 17.9 Å². The Balaban J connectivity index is 2.15. The van der Waals surface area contributed by atoms with Gasteiger partial charge < -0.3 is 10.6 Å². The van der Waals surface area contributed by atoms with Crippen molar-refractivity contribution in [1.82, 2.24) is 5.32 Å². The van der Waals surface area contributed by atoms with Gasteiger partial charge >= 0.3 is 0 Å². The highest BCUT2D eigenvalue weighted by atomic mass is 35.5. The fraction of sp³-hybridized carbons (Fsp3) is 0.462. The Kier molecular flexibility index (Phi) is 4.75. The van der Waals surface area contributed by atoms with E-state index in [1.807, 2.05) is 6.92 Å². The molecule has 8 heteroatoms. The van der Waals surface area contributed by atoms with Gasteiger partial charge in [0.15, 0.2) is 0 Å². The van der Waals surface area contributed by atoms with Crippen LogP contribution in [0.15, 0.2) is 18.2 Å². The molecule has 0 radical (unpaired) electrons. The molecule has 116 valence electrons. The first-order valence-electron chi connectivity index (χ1n) is 6.58. The number of benzene rings is 1. The summed E-state index contributed by atoms with van der Waals surface area (Å²) < 4.78 is 24.8. The minimum absolute atomic E-state index is 0.168. The van der Waals surface area contributed by atoms with E-state index >= 15 is 0 Å². The van der Waals surface area contributed by atoms with Crippen LogP contribution >= 0.6 is 11.6 Å². The van der Waals surface area contributed by atoms with Gasteiger partial charge in [-0.3, -0.25) is 9.52 Å². The van der Waals surface area contributed by atoms with E-state index in [0.29, 0.717) is 16.4 Å². The molecular weight excluding hydrogens is 314 g/mol. The van der Waals surface area contributed by atoms with Crippen molar-refractivity contribution in [1.29, 1.82) is 0 Å². The molecule has 1 aliphatic rings. The van der Waals surface area contributed by atoms with E-state index in [1.54, 1.807) is 0 Å². The highest BCUT2D eigenvalue weighted by Crippen LogP contribution is 2.27. The van der Waals surface area contributed by atoms with E-state index < -0.39 is 10.0 Å². The molecule has 0 aromatic heterocycles. The second-order valence-electron chi connectivity index (χ2n) is 5.26. The second kappa shape index (κ2) is 6.21. The number of nitrogens with one attached hydrogen (secondary N) is 3. The molecule has 0 saturated carbocycles. The Morgan fingerprint density at radius 3 is 2.71 bits per heavy atom. The lowest BCUT2D eigenvalue weighted by atomic mass is 10.0. The highest BCUT2D eigenvalue weighted by Gasteiger charge is 2.29. The number of rotatable bonds is 4. The monoisotopic (exact) mass is 331 g/mol. The maximum atomic E-state index is 12.2. The summed E-state index contributed by atoms with van der Waals surface area (Å²) in [5.41, 5.74) is 0.737.